The third-order valence-corrected chi connectivity index (χ3v) is 4.44. The summed E-state index contributed by atoms with van der Waals surface area (Å²) in [6.07, 6.45) is 10.4. The summed E-state index contributed by atoms with van der Waals surface area (Å²) >= 11 is 0. The molecule has 26 heavy (non-hydrogen) atoms. The van der Waals surface area contributed by atoms with Gasteiger partial charge in [0.2, 0.25) is 5.91 Å². The molecule has 0 bridgehead atoms. The van der Waals surface area contributed by atoms with Crippen molar-refractivity contribution in [3.8, 4) is 0 Å². The molecule has 0 radical (unpaired) electrons. The van der Waals surface area contributed by atoms with Gasteiger partial charge in [0.1, 0.15) is 12.3 Å². The second kappa shape index (κ2) is 18.2. The van der Waals surface area contributed by atoms with Crippen molar-refractivity contribution in [1.82, 2.24) is 10.2 Å². The number of carbonyl (C=O) groups excluding carboxylic acids is 1. The first-order valence-corrected chi connectivity index (χ1v) is 9.83. The van der Waals surface area contributed by atoms with E-state index in [-0.39, 0.29) is 36.9 Å². The predicted molar refractivity (Wildman–Crippen MR) is 101 cm³/mol. The van der Waals surface area contributed by atoms with Crippen molar-refractivity contribution in [2.45, 2.75) is 97.2 Å². The quantitative estimate of drug-likeness (QED) is 0.202. The molecule has 0 heterocycles. The van der Waals surface area contributed by atoms with Crippen LogP contribution in [0.3, 0.4) is 0 Å². The maximum absolute atomic E-state index is 12.2. The molecule has 0 fully saturated rings. The Labute approximate surface area is 182 Å². The van der Waals surface area contributed by atoms with Gasteiger partial charge in [0, 0.05) is 19.5 Å². The molecule has 0 aromatic rings. The van der Waals surface area contributed by atoms with Gasteiger partial charge < -0.3 is 21.9 Å². The molecule has 2 unspecified atom stereocenters. The fraction of sp³-hybridized carbons (Fsp3) is 0.895. The van der Waals surface area contributed by atoms with Crippen LogP contribution < -0.4 is 34.9 Å². The van der Waals surface area contributed by atoms with Crippen molar-refractivity contribution in [2.24, 2.45) is 0 Å². The second-order valence-electron chi connectivity index (χ2n) is 6.81. The van der Waals surface area contributed by atoms with Gasteiger partial charge in [-0.15, -0.1) is 0 Å². The standard InChI is InChI=1S/C19H38N2O4.Na.H/c1-4-5-6-7-8-9-10-11-12-13-18(23)21(17(3)22)15-14-20-16(2)19(24)25;;/h16-17,20,22H,4-15H2,1-3H3,(H,24,25);;/q;+1;-1. The smallest absolute Gasteiger partial charge is 1.00 e. The molecule has 7 heteroatoms. The number of aliphatic hydroxyl groups is 1. The van der Waals surface area contributed by atoms with E-state index >= 15 is 0 Å². The first kappa shape index (κ1) is 28.1. The minimum absolute atomic E-state index is 0. The normalized spacial score (nSPS) is 12.9. The van der Waals surface area contributed by atoms with E-state index in [9.17, 15) is 14.7 Å². The van der Waals surface area contributed by atoms with E-state index in [0.717, 1.165) is 19.3 Å². The molecule has 0 saturated heterocycles. The number of nitrogens with one attached hydrogen (secondary N) is 1. The Morgan fingerprint density at radius 1 is 1.00 bits per heavy atom. The SMILES string of the molecule is CCCCCCCCCCCC(=O)N(CCNC(C)C(=O)O)C(C)O.[H-].[Na+]. The summed E-state index contributed by atoms with van der Waals surface area (Å²) in [5.74, 6) is -0.993. The maximum Gasteiger partial charge on any atom is 1.00 e. The summed E-state index contributed by atoms with van der Waals surface area (Å²) in [6.45, 7) is 6.00. The van der Waals surface area contributed by atoms with Crippen LogP contribution in [0.1, 0.15) is 86.4 Å². The summed E-state index contributed by atoms with van der Waals surface area (Å²) in [7, 11) is 0. The van der Waals surface area contributed by atoms with Crippen molar-refractivity contribution in [1.29, 1.82) is 0 Å². The zero-order valence-electron chi connectivity index (χ0n) is 18.3. The number of nitrogens with zero attached hydrogens (tertiary/aromatic N) is 1. The number of hydrogen-bond donors (Lipinski definition) is 3. The Bertz CT molecular complexity index is 374. The Morgan fingerprint density at radius 3 is 1.96 bits per heavy atom. The number of aliphatic carboxylic acids is 1. The van der Waals surface area contributed by atoms with Gasteiger partial charge in [-0.2, -0.15) is 0 Å². The minimum atomic E-state index is -0.926. The molecule has 2 atom stereocenters. The monoisotopic (exact) mass is 382 g/mol. The van der Waals surface area contributed by atoms with Gasteiger partial charge in [-0.05, 0) is 20.3 Å². The first-order valence-electron chi connectivity index (χ1n) is 9.83. The van der Waals surface area contributed by atoms with E-state index in [1.807, 2.05) is 0 Å². The molecule has 0 aromatic carbocycles. The zero-order chi connectivity index (χ0) is 19.1. The molecule has 1 amide bonds. The second-order valence-corrected chi connectivity index (χ2v) is 6.81. The van der Waals surface area contributed by atoms with E-state index < -0.39 is 18.2 Å². The molecule has 0 spiro atoms. The molecule has 0 rings (SSSR count). The van der Waals surface area contributed by atoms with Crippen molar-refractivity contribution >= 4 is 11.9 Å². The van der Waals surface area contributed by atoms with Gasteiger partial charge in [0.15, 0.2) is 0 Å². The van der Waals surface area contributed by atoms with Crippen LogP contribution >= 0.6 is 0 Å². The Balaban J connectivity index is -0.00000288. The Hall–Kier alpha value is -0.140. The Kier molecular flexibility index (Phi) is 19.7. The molecule has 0 aliphatic carbocycles. The molecule has 0 aliphatic heterocycles. The summed E-state index contributed by atoms with van der Waals surface area (Å²) in [5.41, 5.74) is 0. The summed E-state index contributed by atoms with van der Waals surface area (Å²) in [6, 6.07) is -0.664. The molecular formula is C19H39N2NaO4. The van der Waals surface area contributed by atoms with E-state index in [1.165, 1.54) is 43.4 Å². The number of rotatable bonds is 16. The van der Waals surface area contributed by atoms with Gasteiger partial charge in [-0.3, -0.25) is 9.59 Å². The van der Waals surface area contributed by atoms with Crippen molar-refractivity contribution in [2.75, 3.05) is 13.1 Å². The molecule has 0 saturated carbocycles. The third kappa shape index (κ3) is 15.0. The van der Waals surface area contributed by atoms with Crippen LogP contribution in [-0.4, -0.2) is 52.3 Å². The van der Waals surface area contributed by atoms with Crippen LogP contribution in [0.5, 0.6) is 0 Å². The fourth-order valence-electron chi connectivity index (χ4n) is 2.74. The van der Waals surface area contributed by atoms with Crippen LogP contribution in [0.4, 0.5) is 0 Å². The zero-order valence-corrected chi connectivity index (χ0v) is 19.3. The van der Waals surface area contributed by atoms with Crippen molar-refractivity contribution in [3.05, 3.63) is 0 Å². The number of unbranched alkanes of at least 4 members (excludes halogenated alkanes) is 8. The van der Waals surface area contributed by atoms with Crippen LogP contribution in [-0.2, 0) is 9.59 Å². The largest absolute Gasteiger partial charge is 1.00 e. The predicted octanol–water partition coefficient (Wildman–Crippen LogP) is 0.253. The molecule has 3 N–H and O–H groups in total. The maximum atomic E-state index is 12.2. The topological polar surface area (TPSA) is 89.9 Å². The van der Waals surface area contributed by atoms with Gasteiger partial charge in [-0.25, -0.2) is 0 Å². The van der Waals surface area contributed by atoms with Crippen molar-refractivity contribution < 1.29 is 50.8 Å². The molecular weight excluding hydrogens is 343 g/mol. The van der Waals surface area contributed by atoms with Gasteiger partial charge in [0.25, 0.3) is 0 Å². The molecule has 0 aliphatic rings. The van der Waals surface area contributed by atoms with Gasteiger partial charge in [-0.1, -0.05) is 58.3 Å². The average molecular weight is 383 g/mol. The van der Waals surface area contributed by atoms with E-state index in [0.29, 0.717) is 19.5 Å². The van der Waals surface area contributed by atoms with Crippen molar-refractivity contribution in [3.63, 3.8) is 0 Å². The van der Waals surface area contributed by atoms with Crippen LogP contribution in [0.15, 0.2) is 0 Å². The van der Waals surface area contributed by atoms with E-state index in [2.05, 4.69) is 12.2 Å². The number of amides is 1. The summed E-state index contributed by atoms with van der Waals surface area (Å²) in [5, 5.41) is 21.4. The molecule has 6 nitrogen and oxygen atoms in total. The van der Waals surface area contributed by atoms with Gasteiger partial charge >= 0.3 is 35.5 Å². The van der Waals surface area contributed by atoms with Crippen LogP contribution in [0, 0.1) is 0 Å². The van der Waals surface area contributed by atoms with Crippen LogP contribution in [0.25, 0.3) is 0 Å². The number of carboxylic acid groups (broad SMARTS) is 1. The Morgan fingerprint density at radius 2 is 1.50 bits per heavy atom. The minimum Gasteiger partial charge on any atom is -1.00 e. The number of hydrogen-bond acceptors (Lipinski definition) is 4. The third-order valence-electron chi connectivity index (χ3n) is 4.44. The van der Waals surface area contributed by atoms with E-state index in [4.69, 9.17) is 5.11 Å². The van der Waals surface area contributed by atoms with E-state index in [1.54, 1.807) is 13.8 Å². The molecule has 0 aromatic heterocycles. The summed E-state index contributed by atoms with van der Waals surface area (Å²) in [4.78, 5) is 24.4. The fourth-order valence-corrected chi connectivity index (χ4v) is 2.74. The number of carbonyl (C=O) groups is 2. The summed E-state index contributed by atoms with van der Waals surface area (Å²) < 4.78 is 0. The molecule has 150 valence electrons. The van der Waals surface area contributed by atoms with Crippen LogP contribution in [0.2, 0.25) is 0 Å². The number of aliphatic hydroxyl groups excluding tert-OH is 1. The average Bonchev–Trinajstić information content (AvgIpc) is 2.56. The first-order chi connectivity index (χ1) is 11.9. The van der Waals surface area contributed by atoms with Gasteiger partial charge in [0.05, 0.1) is 0 Å². The number of carboxylic acids is 1.